The first kappa shape index (κ1) is 18.4. The van der Waals surface area contributed by atoms with Crippen molar-refractivity contribution in [1.29, 1.82) is 0 Å². The smallest absolute Gasteiger partial charge is 0.160 e. The molecule has 0 bridgehead atoms. The highest BCUT2D eigenvalue weighted by Gasteiger charge is 2.00. The molecule has 3 heteroatoms. The Hall–Kier alpha value is -2.68. The molecule has 0 fully saturated rings. The molecule has 0 aliphatic rings. The summed E-state index contributed by atoms with van der Waals surface area (Å²) in [4.78, 5) is 0. The SMILES string of the molecule is C=CCc1ccc(O)c(OC)c1.C=CCc1ccc(OC)cc1. The van der Waals surface area contributed by atoms with Crippen LogP contribution in [0.25, 0.3) is 0 Å². The van der Waals surface area contributed by atoms with E-state index in [1.54, 1.807) is 19.2 Å². The number of aromatic hydroxyl groups is 1. The summed E-state index contributed by atoms with van der Waals surface area (Å²) in [7, 11) is 3.20. The van der Waals surface area contributed by atoms with Crippen molar-refractivity contribution in [2.45, 2.75) is 12.8 Å². The quantitative estimate of drug-likeness (QED) is 0.795. The zero-order chi connectivity index (χ0) is 17.1. The van der Waals surface area contributed by atoms with Gasteiger partial charge in [0.1, 0.15) is 5.75 Å². The Morgan fingerprint density at radius 3 is 1.96 bits per heavy atom. The van der Waals surface area contributed by atoms with Gasteiger partial charge in [-0.25, -0.2) is 0 Å². The molecule has 0 spiro atoms. The molecule has 0 aliphatic heterocycles. The minimum absolute atomic E-state index is 0.172. The van der Waals surface area contributed by atoms with E-state index in [1.807, 2.05) is 42.5 Å². The third kappa shape index (κ3) is 6.30. The third-order valence-electron chi connectivity index (χ3n) is 3.16. The van der Waals surface area contributed by atoms with Crippen molar-refractivity contribution in [1.82, 2.24) is 0 Å². The number of rotatable bonds is 6. The van der Waals surface area contributed by atoms with Crippen LogP contribution in [0.15, 0.2) is 67.8 Å². The van der Waals surface area contributed by atoms with Gasteiger partial charge in [0.15, 0.2) is 11.5 Å². The summed E-state index contributed by atoms with van der Waals surface area (Å²) in [5.41, 5.74) is 2.35. The second-order valence-corrected chi connectivity index (χ2v) is 4.84. The molecule has 3 nitrogen and oxygen atoms in total. The first-order valence-corrected chi connectivity index (χ1v) is 7.35. The average Bonchev–Trinajstić information content (AvgIpc) is 2.58. The van der Waals surface area contributed by atoms with Crippen LogP contribution in [-0.4, -0.2) is 19.3 Å². The van der Waals surface area contributed by atoms with E-state index in [9.17, 15) is 5.11 Å². The van der Waals surface area contributed by atoms with Crippen LogP contribution in [-0.2, 0) is 12.8 Å². The summed E-state index contributed by atoms with van der Waals surface area (Å²) >= 11 is 0. The zero-order valence-electron chi connectivity index (χ0n) is 13.8. The predicted octanol–water partition coefficient (Wildman–Crippen LogP) is 4.55. The van der Waals surface area contributed by atoms with Crippen molar-refractivity contribution in [3.05, 3.63) is 78.9 Å². The Balaban J connectivity index is 0.000000231. The summed E-state index contributed by atoms with van der Waals surface area (Å²) in [6, 6.07) is 13.3. The summed E-state index contributed by atoms with van der Waals surface area (Å²) in [5.74, 6) is 1.58. The topological polar surface area (TPSA) is 38.7 Å². The Morgan fingerprint density at radius 2 is 1.43 bits per heavy atom. The first-order valence-electron chi connectivity index (χ1n) is 7.35. The molecule has 2 aromatic rings. The van der Waals surface area contributed by atoms with Gasteiger partial charge in [-0.1, -0.05) is 30.4 Å². The molecule has 23 heavy (non-hydrogen) atoms. The fraction of sp³-hybridized carbons (Fsp3) is 0.200. The Bertz CT molecular complexity index is 615. The van der Waals surface area contributed by atoms with E-state index in [0.29, 0.717) is 5.75 Å². The molecule has 0 saturated heterocycles. The maximum atomic E-state index is 9.25. The summed E-state index contributed by atoms with van der Waals surface area (Å²) in [5, 5.41) is 9.25. The first-order chi connectivity index (χ1) is 11.1. The van der Waals surface area contributed by atoms with Crippen LogP contribution in [0.1, 0.15) is 11.1 Å². The van der Waals surface area contributed by atoms with E-state index in [4.69, 9.17) is 9.47 Å². The molecule has 0 heterocycles. The molecule has 0 aromatic heterocycles. The number of phenols is 1. The second kappa shape index (κ2) is 10.1. The van der Waals surface area contributed by atoms with E-state index in [1.165, 1.54) is 12.7 Å². The highest BCUT2D eigenvalue weighted by atomic mass is 16.5. The number of phenolic OH excluding ortho intramolecular Hbond substituents is 1. The Kier molecular flexibility index (Phi) is 8.08. The molecule has 0 saturated carbocycles. The minimum atomic E-state index is 0.172. The van der Waals surface area contributed by atoms with Gasteiger partial charge in [0.2, 0.25) is 0 Å². The van der Waals surface area contributed by atoms with Crippen molar-refractivity contribution in [2.75, 3.05) is 14.2 Å². The number of allylic oxidation sites excluding steroid dienone is 2. The van der Waals surface area contributed by atoms with Crippen LogP contribution < -0.4 is 9.47 Å². The van der Waals surface area contributed by atoms with Gasteiger partial charge in [-0.05, 0) is 48.2 Å². The van der Waals surface area contributed by atoms with Crippen LogP contribution in [0.3, 0.4) is 0 Å². The Labute approximate surface area is 138 Å². The van der Waals surface area contributed by atoms with E-state index in [0.717, 1.165) is 24.2 Å². The maximum absolute atomic E-state index is 9.25. The molecule has 1 N–H and O–H groups in total. The number of hydrogen-bond acceptors (Lipinski definition) is 3. The van der Waals surface area contributed by atoms with E-state index in [-0.39, 0.29) is 5.75 Å². The van der Waals surface area contributed by atoms with Crippen LogP contribution in [0.2, 0.25) is 0 Å². The van der Waals surface area contributed by atoms with Gasteiger partial charge < -0.3 is 14.6 Å². The summed E-state index contributed by atoms with van der Waals surface area (Å²) in [6.45, 7) is 7.30. The third-order valence-corrected chi connectivity index (χ3v) is 3.16. The number of methoxy groups -OCH3 is 2. The van der Waals surface area contributed by atoms with E-state index in [2.05, 4.69) is 13.2 Å². The second-order valence-electron chi connectivity index (χ2n) is 4.84. The molecule has 0 amide bonds. The van der Waals surface area contributed by atoms with Gasteiger partial charge in [-0.3, -0.25) is 0 Å². The predicted molar refractivity (Wildman–Crippen MR) is 95.5 cm³/mol. The van der Waals surface area contributed by atoms with Gasteiger partial charge >= 0.3 is 0 Å². The highest BCUT2D eigenvalue weighted by Crippen LogP contribution is 2.26. The number of benzene rings is 2. The van der Waals surface area contributed by atoms with E-state index < -0.39 is 0 Å². The highest BCUT2D eigenvalue weighted by molar-refractivity contribution is 5.42. The molecular formula is C20H24O3. The molecule has 2 aromatic carbocycles. The zero-order valence-corrected chi connectivity index (χ0v) is 13.8. The van der Waals surface area contributed by atoms with E-state index >= 15 is 0 Å². The van der Waals surface area contributed by atoms with Crippen LogP contribution in [0.5, 0.6) is 17.2 Å². The van der Waals surface area contributed by atoms with Crippen molar-refractivity contribution < 1.29 is 14.6 Å². The summed E-state index contributed by atoms with van der Waals surface area (Å²) < 4.78 is 9.97. The average molecular weight is 312 g/mol. The van der Waals surface area contributed by atoms with Gasteiger partial charge in [0, 0.05) is 0 Å². The van der Waals surface area contributed by atoms with Crippen LogP contribution >= 0.6 is 0 Å². The largest absolute Gasteiger partial charge is 0.504 e. The Morgan fingerprint density at radius 1 is 0.870 bits per heavy atom. The molecular weight excluding hydrogens is 288 g/mol. The molecule has 2 rings (SSSR count). The lowest BCUT2D eigenvalue weighted by atomic mass is 10.1. The minimum Gasteiger partial charge on any atom is -0.504 e. The standard InChI is InChI=1S/C10H12O2.C10H12O/c1-3-4-8-5-6-9(11)10(7-8)12-2;1-3-4-9-5-7-10(11-2)8-6-9/h3,5-7,11H,1,4H2,2H3;3,5-8H,1,4H2,2H3. The van der Waals surface area contributed by atoms with Crippen molar-refractivity contribution in [3.63, 3.8) is 0 Å². The lowest BCUT2D eigenvalue weighted by Crippen LogP contribution is -1.86. The summed E-state index contributed by atoms with van der Waals surface area (Å²) in [6.07, 6.45) is 5.41. The normalized spacial score (nSPS) is 9.30. The molecule has 0 unspecified atom stereocenters. The van der Waals surface area contributed by atoms with Gasteiger partial charge in [0.05, 0.1) is 14.2 Å². The van der Waals surface area contributed by atoms with Gasteiger partial charge in [0.25, 0.3) is 0 Å². The van der Waals surface area contributed by atoms with Crippen LogP contribution in [0, 0.1) is 0 Å². The maximum Gasteiger partial charge on any atom is 0.160 e. The van der Waals surface area contributed by atoms with Gasteiger partial charge in [-0.15, -0.1) is 13.2 Å². The van der Waals surface area contributed by atoms with Crippen molar-refractivity contribution in [3.8, 4) is 17.2 Å². The number of ether oxygens (including phenoxy) is 2. The monoisotopic (exact) mass is 312 g/mol. The lowest BCUT2D eigenvalue weighted by molar-refractivity contribution is 0.373. The fourth-order valence-corrected chi connectivity index (χ4v) is 1.94. The van der Waals surface area contributed by atoms with Crippen molar-refractivity contribution >= 4 is 0 Å². The molecule has 0 atom stereocenters. The van der Waals surface area contributed by atoms with Gasteiger partial charge in [-0.2, -0.15) is 0 Å². The number of hydrogen-bond donors (Lipinski definition) is 1. The fourth-order valence-electron chi connectivity index (χ4n) is 1.94. The van der Waals surface area contributed by atoms with Crippen molar-refractivity contribution in [2.24, 2.45) is 0 Å². The van der Waals surface area contributed by atoms with Crippen LogP contribution in [0.4, 0.5) is 0 Å². The lowest BCUT2D eigenvalue weighted by Gasteiger charge is -2.04. The molecule has 0 aliphatic carbocycles. The molecule has 0 radical (unpaired) electrons. The molecule has 122 valence electrons.